The molecular weight excluding hydrogens is 250 g/mol. The number of carbonyl (C=O) groups is 1. The van der Waals surface area contributed by atoms with Gasteiger partial charge in [0.15, 0.2) is 0 Å². The monoisotopic (exact) mass is 265 g/mol. The number of rotatable bonds is 3. The number of amides is 1. The van der Waals surface area contributed by atoms with Crippen LogP contribution in [-0.4, -0.2) is 10.9 Å². The van der Waals surface area contributed by atoms with Crippen LogP contribution in [0.1, 0.15) is 32.7 Å². The molecule has 1 heterocycles. The lowest BCUT2D eigenvalue weighted by atomic mass is 10.1. The first kappa shape index (κ1) is 13.8. The number of hydrogen-bond acceptors (Lipinski definition) is 3. The molecule has 1 aromatic carbocycles. The lowest BCUT2D eigenvalue weighted by Crippen LogP contribution is -2.23. The molecule has 0 aliphatic carbocycles. The van der Waals surface area contributed by atoms with Crippen LogP contribution in [0.25, 0.3) is 0 Å². The maximum atomic E-state index is 12.0. The maximum Gasteiger partial charge on any atom is 0.251 e. The SMILES string of the molecule is Cc1ccc(CNC(=O)c2ccnc(C#N)c2)cc1C. The predicted molar refractivity (Wildman–Crippen MR) is 76.0 cm³/mol. The number of carbonyl (C=O) groups excluding carboxylic acids is 1. The Bertz CT molecular complexity index is 686. The second-order valence-corrected chi connectivity index (χ2v) is 4.64. The quantitative estimate of drug-likeness (QED) is 0.927. The van der Waals surface area contributed by atoms with E-state index >= 15 is 0 Å². The summed E-state index contributed by atoms with van der Waals surface area (Å²) in [6, 6.07) is 11.1. The summed E-state index contributed by atoms with van der Waals surface area (Å²) in [7, 11) is 0. The standard InChI is InChI=1S/C16H15N3O/c1-11-3-4-13(7-12(11)2)10-19-16(20)14-5-6-18-15(8-14)9-17/h3-8H,10H2,1-2H3,(H,19,20). The van der Waals surface area contributed by atoms with Gasteiger partial charge in [0.2, 0.25) is 0 Å². The van der Waals surface area contributed by atoms with Gasteiger partial charge < -0.3 is 5.32 Å². The highest BCUT2D eigenvalue weighted by Gasteiger charge is 2.06. The van der Waals surface area contributed by atoms with Gasteiger partial charge in [-0.15, -0.1) is 0 Å². The zero-order valence-electron chi connectivity index (χ0n) is 11.5. The van der Waals surface area contributed by atoms with Crippen LogP contribution in [0.4, 0.5) is 0 Å². The van der Waals surface area contributed by atoms with Crippen molar-refractivity contribution in [1.29, 1.82) is 5.26 Å². The molecule has 0 fully saturated rings. The lowest BCUT2D eigenvalue weighted by Gasteiger charge is -2.07. The number of benzene rings is 1. The zero-order valence-corrected chi connectivity index (χ0v) is 11.5. The summed E-state index contributed by atoms with van der Waals surface area (Å²) >= 11 is 0. The average molecular weight is 265 g/mol. The first-order chi connectivity index (χ1) is 9.60. The van der Waals surface area contributed by atoms with E-state index in [1.807, 2.05) is 25.1 Å². The van der Waals surface area contributed by atoms with Crippen LogP contribution in [0.5, 0.6) is 0 Å². The third-order valence-electron chi connectivity index (χ3n) is 3.16. The smallest absolute Gasteiger partial charge is 0.251 e. The molecule has 20 heavy (non-hydrogen) atoms. The second-order valence-electron chi connectivity index (χ2n) is 4.64. The molecule has 1 amide bonds. The van der Waals surface area contributed by atoms with Gasteiger partial charge in [0.1, 0.15) is 11.8 Å². The van der Waals surface area contributed by atoms with Crippen molar-refractivity contribution in [2.75, 3.05) is 0 Å². The molecule has 4 nitrogen and oxygen atoms in total. The molecule has 0 bridgehead atoms. The van der Waals surface area contributed by atoms with E-state index in [1.54, 1.807) is 6.07 Å². The number of nitriles is 1. The Labute approximate surface area is 118 Å². The van der Waals surface area contributed by atoms with E-state index in [2.05, 4.69) is 23.3 Å². The minimum atomic E-state index is -0.206. The Kier molecular flexibility index (Phi) is 4.11. The molecule has 4 heteroatoms. The molecule has 1 aromatic heterocycles. The van der Waals surface area contributed by atoms with Gasteiger partial charge in [-0.05, 0) is 42.7 Å². The molecular formula is C16H15N3O. The second kappa shape index (κ2) is 5.98. The summed E-state index contributed by atoms with van der Waals surface area (Å²) in [6.07, 6.45) is 1.46. The Balaban J connectivity index is 2.04. The number of pyridine rings is 1. The molecule has 100 valence electrons. The number of hydrogen-bond donors (Lipinski definition) is 1. The van der Waals surface area contributed by atoms with E-state index in [9.17, 15) is 4.79 Å². The van der Waals surface area contributed by atoms with Crippen LogP contribution in [0, 0.1) is 25.2 Å². The molecule has 0 aliphatic rings. The first-order valence-corrected chi connectivity index (χ1v) is 6.30. The van der Waals surface area contributed by atoms with E-state index in [1.165, 1.54) is 23.4 Å². The van der Waals surface area contributed by atoms with Crippen molar-refractivity contribution >= 4 is 5.91 Å². The molecule has 2 rings (SSSR count). The Morgan fingerprint density at radius 3 is 2.75 bits per heavy atom. The van der Waals surface area contributed by atoms with Crippen molar-refractivity contribution in [3.05, 3.63) is 64.5 Å². The van der Waals surface area contributed by atoms with Gasteiger partial charge in [-0.1, -0.05) is 18.2 Å². The fourth-order valence-corrected chi connectivity index (χ4v) is 1.83. The van der Waals surface area contributed by atoms with Crippen LogP contribution in [-0.2, 0) is 6.54 Å². The highest BCUT2D eigenvalue weighted by atomic mass is 16.1. The minimum absolute atomic E-state index is 0.206. The van der Waals surface area contributed by atoms with Gasteiger partial charge in [0, 0.05) is 18.3 Å². The Morgan fingerprint density at radius 2 is 2.05 bits per heavy atom. The lowest BCUT2D eigenvalue weighted by molar-refractivity contribution is 0.0950. The third-order valence-corrected chi connectivity index (χ3v) is 3.16. The van der Waals surface area contributed by atoms with Crippen LogP contribution in [0.15, 0.2) is 36.5 Å². The fraction of sp³-hybridized carbons (Fsp3) is 0.188. The molecule has 0 spiro atoms. The number of nitrogens with one attached hydrogen (secondary N) is 1. The molecule has 0 saturated carbocycles. The summed E-state index contributed by atoms with van der Waals surface area (Å²) in [5, 5.41) is 11.6. The van der Waals surface area contributed by atoms with Crippen LogP contribution < -0.4 is 5.32 Å². The van der Waals surface area contributed by atoms with Crippen molar-refractivity contribution in [2.24, 2.45) is 0 Å². The topological polar surface area (TPSA) is 65.8 Å². The zero-order chi connectivity index (χ0) is 14.5. The van der Waals surface area contributed by atoms with E-state index < -0.39 is 0 Å². The maximum absolute atomic E-state index is 12.0. The number of nitrogens with zero attached hydrogens (tertiary/aromatic N) is 2. The summed E-state index contributed by atoms with van der Waals surface area (Å²) in [5.41, 5.74) is 4.17. The van der Waals surface area contributed by atoms with Crippen molar-refractivity contribution in [1.82, 2.24) is 10.3 Å². The van der Waals surface area contributed by atoms with Crippen molar-refractivity contribution in [3.8, 4) is 6.07 Å². The van der Waals surface area contributed by atoms with Gasteiger partial charge in [-0.2, -0.15) is 5.26 Å². The predicted octanol–water partition coefficient (Wildman–Crippen LogP) is 2.50. The molecule has 1 N–H and O–H groups in total. The summed E-state index contributed by atoms with van der Waals surface area (Å²) in [4.78, 5) is 15.8. The molecule has 0 aliphatic heterocycles. The third kappa shape index (κ3) is 3.21. The highest BCUT2D eigenvalue weighted by molar-refractivity contribution is 5.94. The fourth-order valence-electron chi connectivity index (χ4n) is 1.83. The first-order valence-electron chi connectivity index (χ1n) is 6.30. The van der Waals surface area contributed by atoms with Crippen LogP contribution >= 0.6 is 0 Å². The molecule has 0 atom stereocenters. The molecule has 2 aromatic rings. The van der Waals surface area contributed by atoms with Crippen molar-refractivity contribution < 1.29 is 4.79 Å². The minimum Gasteiger partial charge on any atom is -0.348 e. The van der Waals surface area contributed by atoms with E-state index in [-0.39, 0.29) is 11.6 Å². The Hall–Kier alpha value is -2.67. The molecule has 0 unspecified atom stereocenters. The van der Waals surface area contributed by atoms with Crippen molar-refractivity contribution in [3.63, 3.8) is 0 Å². The summed E-state index contributed by atoms with van der Waals surface area (Å²) in [5.74, 6) is -0.206. The summed E-state index contributed by atoms with van der Waals surface area (Å²) < 4.78 is 0. The van der Waals surface area contributed by atoms with E-state index in [4.69, 9.17) is 5.26 Å². The Morgan fingerprint density at radius 1 is 1.25 bits per heavy atom. The normalized spacial score (nSPS) is 9.85. The van der Waals surface area contributed by atoms with Crippen LogP contribution in [0.3, 0.4) is 0 Å². The number of aromatic nitrogens is 1. The van der Waals surface area contributed by atoms with Crippen LogP contribution in [0.2, 0.25) is 0 Å². The van der Waals surface area contributed by atoms with Crippen molar-refractivity contribution in [2.45, 2.75) is 20.4 Å². The largest absolute Gasteiger partial charge is 0.348 e. The van der Waals surface area contributed by atoms with Gasteiger partial charge >= 0.3 is 0 Å². The van der Waals surface area contributed by atoms with Gasteiger partial charge in [0.25, 0.3) is 5.91 Å². The number of aryl methyl sites for hydroxylation is 2. The molecule has 0 saturated heterocycles. The average Bonchev–Trinajstić information content (AvgIpc) is 2.48. The van der Waals surface area contributed by atoms with E-state index in [0.29, 0.717) is 12.1 Å². The van der Waals surface area contributed by atoms with E-state index in [0.717, 1.165) is 5.56 Å². The van der Waals surface area contributed by atoms with Gasteiger partial charge in [0.05, 0.1) is 0 Å². The van der Waals surface area contributed by atoms with Gasteiger partial charge in [-0.3, -0.25) is 4.79 Å². The summed E-state index contributed by atoms with van der Waals surface area (Å²) in [6.45, 7) is 4.56. The van der Waals surface area contributed by atoms with Gasteiger partial charge in [-0.25, -0.2) is 4.98 Å². The molecule has 0 radical (unpaired) electrons. The highest BCUT2D eigenvalue weighted by Crippen LogP contribution is 2.10.